The first-order chi connectivity index (χ1) is 8.06. The standard InChI is InChI=1S/C11H11Cl2N3O/c1-6-2-10(9(13)4-8(6)12)14-5-7-3-11(17)16-15-7/h2-4,14H,5H2,1H3,(H2,15,16,17). The molecule has 2 aromatic rings. The molecule has 2 rings (SSSR count). The number of nitrogens with one attached hydrogen (secondary N) is 3. The zero-order chi connectivity index (χ0) is 12.4. The molecule has 1 aromatic heterocycles. The summed E-state index contributed by atoms with van der Waals surface area (Å²) in [6.07, 6.45) is 0. The summed E-state index contributed by atoms with van der Waals surface area (Å²) in [5, 5.41) is 9.54. The molecule has 0 unspecified atom stereocenters. The number of aromatic nitrogens is 2. The molecule has 17 heavy (non-hydrogen) atoms. The Bertz CT molecular complexity index is 589. The van der Waals surface area contributed by atoms with Crippen LogP contribution in [0, 0.1) is 6.92 Å². The minimum Gasteiger partial charge on any atom is -0.378 e. The molecule has 0 radical (unpaired) electrons. The summed E-state index contributed by atoms with van der Waals surface area (Å²) in [4.78, 5) is 10.9. The molecule has 90 valence electrons. The Morgan fingerprint density at radius 1 is 1.18 bits per heavy atom. The highest BCUT2D eigenvalue weighted by Crippen LogP contribution is 2.28. The average Bonchev–Trinajstić information content (AvgIpc) is 2.68. The van der Waals surface area contributed by atoms with Gasteiger partial charge in [0.05, 0.1) is 22.9 Å². The number of rotatable bonds is 3. The lowest BCUT2D eigenvalue weighted by molar-refractivity contribution is 0.970. The summed E-state index contributed by atoms with van der Waals surface area (Å²) in [6.45, 7) is 2.39. The van der Waals surface area contributed by atoms with Crippen molar-refractivity contribution in [1.82, 2.24) is 10.2 Å². The summed E-state index contributed by atoms with van der Waals surface area (Å²) in [5.41, 5.74) is 2.34. The third-order valence-corrected chi connectivity index (χ3v) is 3.09. The number of aromatic amines is 2. The molecule has 0 atom stereocenters. The predicted molar refractivity (Wildman–Crippen MR) is 69.9 cm³/mol. The van der Waals surface area contributed by atoms with Crippen LogP contribution in [0.25, 0.3) is 0 Å². The van der Waals surface area contributed by atoms with Crippen LogP contribution in [0.5, 0.6) is 0 Å². The van der Waals surface area contributed by atoms with Crippen molar-refractivity contribution in [2.24, 2.45) is 0 Å². The molecule has 0 aliphatic heterocycles. The molecule has 0 aliphatic carbocycles. The quantitative estimate of drug-likeness (QED) is 0.804. The number of aryl methyl sites for hydroxylation is 1. The lowest BCUT2D eigenvalue weighted by Crippen LogP contribution is -2.01. The number of benzene rings is 1. The molecule has 0 saturated carbocycles. The summed E-state index contributed by atoms with van der Waals surface area (Å²) >= 11 is 12.0. The minimum absolute atomic E-state index is 0.153. The van der Waals surface area contributed by atoms with Crippen molar-refractivity contribution in [3.8, 4) is 0 Å². The van der Waals surface area contributed by atoms with E-state index < -0.39 is 0 Å². The van der Waals surface area contributed by atoms with Crippen molar-refractivity contribution in [2.45, 2.75) is 13.5 Å². The van der Waals surface area contributed by atoms with Crippen molar-refractivity contribution in [3.05, 3.63) is 49.9 Å². The highest BCUT2D eigenvalue weighted by Gasteiger charge is 2.05. The van der Waals surface area contributed by atoms with E-state index in [-0.39, 0.29) is 5.56 Å². The van der Waals surface area contributed by atoms with Gasteiger partial charge in [-0.1, -0.05) is 23.2 Å². The van der Waals surface area contributed by atoms with E-state index >= 15 is 0 Å². The first-order valence-electron chi connectivity index (χ1n) is 5.02. The number of hydrogen-bond acceptors (Lipinski definition) is 2. The van der Waals surface area contributed by atoms with Crippen LogP contribution >= 0.6 is 23.2 Å². The number of halogens is 2. The number of hydrogen-bond donors (Lipinski definition) is 3. The van der Waals surface area contributed by atoms with Gasteiger partial charge in [-0.2, -0.15) is 0 Å². The molecule has 0 bridgehead atoms. The smallest absolute Gasteiger partial charge is 0.264 e. The molecular weight excluding hydrogens is 261 g/mol. The van der Waals surface area contributed by atoms with Crippen LogP contribution in [-0.4, -0.2) is 10.2 Å². The topological polar surface area (TPSA) is 60.7 Å². The van der Waals surface area contributed by atoms with Crippen LogP contribution in [0.4, 0.5) is 5.69 Å². The maximum atomic E-state index is 10.9. The van der Waals surface area contributed by atoms with Gasteiger partial charge >= 0.3 is 0 Å². The third-order valence-electron chi connectivity index (χ3n) is 2.37. The Morgan fingerprint density at radius 2 is 1.94 bits per heavy atom. The van der Waals surface area contributed by atoms with Crippen LogP contribution in [0.15, 0.2) is 23.0 Å². The molecule has 1 heterocycles. The van der Waals surface area contributed by atoms with E-state index in [0.29, 0.717) is 16.6 Å². The number of anilines is 1. The van der Waals surface area contributed by atoms with E-state index in [9.17, 15) is 4.79 Å². The Balaban J connectivity index is 2.14. The fourth-order valence-corrected chi connectivity index (χ4v) is 1.90. The fraction of sp³-hybridized carbons (Fsp3) is 0.182. The van der Waals surface area contributed by atoms with Gasteiger partial charge in [0.1, 0.15) is 0 Å². The predicted octanol–water partition coefficient (Wildman–Crippen LogP) is 2.93. The molecular formula is C11H11Cl2N3O. The Morgan fingerprint density at radius 3 is 2.59 bits per heavy atom. The monoisotopic (exact) mass is 271 g/mol. The largest absolute Gasteiger partial charge is 0.378 e. The fourth-order valence-electron chi connectivity index (χ4n) is 1.45. The highest BCUT2D eigenvalue weighted by atomic mass is 35.5. The van der Waals surface area contributed by atoms with Gasteiger partial charge in [-0.25, -0.2) is 0 Å². The lowest BCUT2D eigenvalue weighted by atomic mass is 10.2. The molecule has 0 fully saturated rings. The molecule has 0 saturated heterocycles. The summed E-state index contributed by atoms with van der Waals surface area (Å²) < 4.78 is 0. The average molecular weight is 272 g/mol. The second-order valence-electron chi connectivity index (χ2n) is 3.72. The van der Waals surface area contributed by atoms with Crippen molar-refractivity contribution in [3.63, 3.8) is 0 Å². The van der Waals surface area contributed by atoms with Crippen molar-refractivity contribution in [1.29, 1.82) is 0 Å². The summed E-state index contributed by atoms with van der Waals surface area (Å²) in [6, 6.07) is 5.06. The highest BCUT2D eigenvalue weighted by molar-refractivity contribution is 6.36. The first-order valence-corrected chi connectivity index (χ1v) is 5.78. The zero-order valence-electron chi connectivity index (χ0n) is 9.10. The summed E-state index contributed by atoms with van der Waals surface area (Å²) in [5.74, 6) is 0. The van der Waals surface area contributed by atoms with Crippen LogP contribution in [0.2, 0.25) is 10.0 Å². The summed E-state index contributed by atoms with van der Waals surface area (Å²) in [7, 11) is 0. The SMILES string of the molecule is Cc1cc(NCc2cc(=O)[nH][nH]2)c(Cl)cc1Cl. The second kappa shape index (κ2) is 4.85. The normalized spacial score (nSPS) is 10.5. The number of H-pyrrole nitrogens is 2. The third kappa shape index (κ3) is 2.84. The van der Waals surface area contributed by atoms with E-state index in [1.807, 2.05) is 13.0 Å². The minimum atomic E-state index is -0.153. The maximum absolute atomic E-state index is 10.9. The Labute approximate surface area is 108 Å². The van der Waals surface area contributed by atoms with E-state index in [1.54, 1.807) is 6.07 Å². The van der Waals surface area contributed by atoms with Gasteiger partial charge in [0.15, 0.2) is 0 Å². The van der Waals surface area contributed by atoms with Crippen LogP contribution in [0.3, 0.4) is 0 Å². The van der Waals surface area contributed by atoms with Gasteiger partial charge in [-0.05, 0) is 24.6 Å². The van der Waals surface area contributed by atoms with E-state index in [2.05, 4.69) is 15.5 Å². The van der Waals surface area contributed by atoms with E-state index in [1.165, 1.54) is 6.07 Å². The molecule has 0 aliphatic rings. The molecule has 0 spiro atoms. The van der Waals surface area contributed by atoms with Gasteiger partial charge in [-0.3, -0.25) is 9.89 Å². The lowest BCUT2D eigenvalue weighted by Gasteiger charge is -2.09. The van der Waals surface area contributed by atoms with Crippen molar-refractivity contribution < 1.29 is 0 Å². The van der Waals surface area contributed by atoms with Gasteiger partial charge in [-0.15, -0.1) is 0 Å². The Kier molecular flexibility index (Phi) is 3.45. The van der Waals surface area contributed by atoms with Crippen LogP contribution in [0.1, 0.15) is 11.3 Å². The zero-order valence-corrected chi connectivity index (χ0v) is 10.6. The maximum Gasteiger partial charge on any atom is 0.264 e. The van der Waals surface area contributed by atoms with Crippen molar-refractivity contribution in [2.75, 3.05) is 5.32 Å². The van der Waals surface area contributed by atoms with E-state index in [4.69, 9.17) is 23.2 Å². The molecule has 1 aromatic carbocycles. The van der Waals surface area contributed by atoms with Gasteiger partial charge in [0.25, 0.3) is 5.56 Å². The van der Waals surface area contributed by atoms with Crippen LogP contribution < -0.4 is 10.9 Å². The van der Waals surface area contributed by atoms with Gasteiger partial charge in [0.2, 0.25) is 0 Å². The van der Waals surface area contributed by atoms with Crippen molar-refractivity contribution >= 4 is 28.9 Å². The molecule has 0 amide bonds. The van der Waals surface area contributed by atoms with Gasteiger partial charge < -0.3 is 10.4 Å². The van der Waals surface area contributed by atoms with E-state index in [0.717, 1.165) is 16.9 Å². The second-order valence-corrected chi connectivity index (χ2v) is 4.53. The van der Waals surface area contributed by atoms with Crippen LogP contribution in [-0.2, 0) is 6.54 Å². The molecule has 4 nitrogen and oxygen atoms in total. The molecule has 3 N–H and O–H groups in total. The van der Waals surface area contributed by atoms with Gasteiger partial charge in [0, 0.05) is 11.1 Å². The molecule has 6 heteroatoms. The Hall–Kier alpha value is -1.39. The first kappa shape index (κ1) is 12.1.